The lowest BCUT2D eigenvalue weighted by atomic mass is 9.96. The Balaban J connectivity index is 2.16. The van der Waals surface area contributed by atoms with E-state index in [1.807, 2.05) is 0 Å². The first-order chi connectivity index (χ1) is 11.2. The molecule has 140 valence electrons. The Morgan fingerprint density at radius 1 is 1.00 bits per heavy atom. The van der Waals surface area contributed by atoms with E-state index in [9.17, 15) is 30.3 Å². The molecule has 2 saturated heterocycles. The molecule has 2 aliphatic rings. The van der Waals surface area contributed by atoms with Crippen molar-refractivity contribution in [1.82, 2.24) is 0 Å². The van der Waals surface area contributed by atoms with Crippen LogP contribution >= 0.6 is 0 Å². The van der Waals surface area contributed by atoms with Gasteiger partial charge in [0, 0.05) is 0 Å². The molecule has 9 N–H and O–H groups in total. The summed E-state index contributed by atoms with van der Waals surface area (Å²) in [6.07, 6.45) is -15.1. The van der Waals surface area contributed by atoms with Crippen molar-refractivity contribution < 1.29 is 54.8 Å². The Labute approximate surface area is 135 Å². The zero-order valence-electron chi connectivity index (χ0n) is 12.3. The van der Waals surface area contributed by atoms with E-state index in [0.717, 1.165) is 0 Å². The number of carbonyl (C=O) groups is 1. The zero-order chi connectivity index (χ0) is 18.2. The molecule has 0 aliphatic carbocycles. The number of nitrogens with two attached hydrogens (primary N) is 1. The molecule has 6 unspecified atom stereocenters. The third-order valence-corrected chi connectivity index (χ3v) is 4.02. The third-order valence-electron chi connectivity index (χ3n) is 4.02. The van der Waals surface area contributed by atoms with Gasteiger partial charge >= 0.3 is 5.97 Å². The minimum absolute atomic E-state index is 0.669. The van der Waals surface area contributed by atoms with Gasteiger partial charge in [-0.15, -0.1) is 0 Å². The van der Waals surface area contributed by atoms with Crippen LogP contribution in [0.3, 0.4) is 0 Å². The van der Waals surface area contributed by atoms with Crippen molar-refractivity contribution in [3.63, 3.8) is 0 Å². The fourth-order valence-electron chi connectivity index (χ4n) is 2.59. The van der Waals surface area contributed by atoms with Crippen LogP contribution in [-0.4, -0.2) is 110 Å². The monoisotopic (exact) mass is 355 g/mol. The van der Waals surface area contributed by atoms with Crippen LogP contribution in [0.1, 0.15) is 0 Å². The highest BCUT2D eigenvalue weighted by Crippen LogP contribution is 2.28. The highest BCUT2D eigenvalue weighted by molar-refractivity contribution is 5.73. The van der Waals surface area contributed by atoms with E-state index < -0.39 is 73.9 Å². The first-order valence-corrected chi connectivity index (χ1v) is 7.15. The lowest BCUT2D eigenvalue weighted by molar-refractivity contribution is -0.335. The number of aliphatic hydroxyl groups is 6. The summed E-state index contributed by atoms with van der Waals surface area (Å²) in [7, 11) is 0. The summed E-state index contributed by atoms with van der Waals surface area (Å²) in [6.45, 7) is -0.669. The summed E-state index contributed by atoms with van der Waals surface area (Å²) in [5.41, 5.74) is 5.64. The van der Waals surface area contributed by atoms with Gasteiger partial charge in [-0.25, -0.2) is 4.79 Å². The summed E-state index contributed by atoms with van der Waals surface area (Å²) >= 11 is 0. The van der Waals surface area contributed by atoms with Crippen LogP contribution in [0.4, 0.5) is 0 Å². The number of hydrogen-bond acceptors (Lipinski definition) is 11. The minimum Gasteiger partial charge on any atom is -0.479 e. The molecular weight excluding hydrogens is 334 g/mol. The Kier molecular flexibility index (Phi) is 6.09. The second kappa shape index (κ2) is 7.53. The molecule has 0 aromatic heterocycles. The largest absolute Gasteiger partial charge is 0.479 e. The molecule has 24 heavy (non-hydrogen) atoms. The van der Waals surface area contributed by atoms with Gasteiger partial charge in [0.1, 0.15) is 36.6 Å². The topological polar surface area (TPSA) is 212 Å². The van der Waals surface area contributed by atoms with E-state index >= 15 is 0 Å². The van der Waals surface area contributed by atoms with Crippen LogP contribution < -0.4 is 5.73 Å². The number of carboxylic acids is 1. The summed E-state index contributed by atoms with van der Waals surface area (Å²) in [4.78, 5) is 11.0. The van der Waals surface area contributed by atoms with Gasteiger partial charge in [-0.05, 0) is 0 Å². The van der Waals surface area contributed by atoms with Crippen LogP contribution in [0.2, 0.25) is 0 Å². The van der Waals surface area contributed by atoms with Crippen molar-refractivity contribution in [2.75, 3.05) is 6.61 Å². The van der Waals surface area contributed by atoms with Crippen LogP contribution in [0, 0.1) is 0 Å². The highest BCUT2D eigenvalue weighted by Gasteiger charge is 2.51. The van der Waals surface area contributed by atoms with Crippen LogP contribution in [0.15, 0.2) is 0 Å². The first-order valence-electron chi connectivity index (χ1n) is 7.15. The Morgan fingerprint density at radius 2 is 1.62 bits per heavy atom. The van der Waals surface area contributed by atoms with E-state index in [0.29, 0.717) is 0 Å². The standard InChI is InChI=1S/C12H21NO11/c13-3-8(4(15)2(1-14)22-11(3)21)23-12-7(18)5(16)6(17)9(24-12)10(19)20/h2-9,11-12,14-18,21H,1,13H2,(H,19,20)/t2?,3?,4-,5?,6?,7?,8-,9-,11?,12+/m1/s1. The molecule has 12 nitrogen and oxygen atoms in total. The maximum atomic E-state index is 11.0. The van der Waals surface area contributed by atoms with Crippen molar-refractivity contribution in [1.29, 1.82) is 0 Å². The lowest BCUT2D eigenvalue weighted by Crippen LogP contribution is -2.66. The van der Waals surface area contributed by atoms with Gasteiger partial charge in [-0.3, -0.25) is 0 Å². The van der Waals surface area contributed by atoms with Gasteiger partial charge in [-0.2, -0.15) is 0 Å². The molecule has 2 aliphatic heterocycles. The van der Waals surface area contributed by atoms with E-state index in [4.69, 9.17) is 30.2 Å². The molecule has 2 fully saturated rings. The molecule has 0 spiro atoms. The highest BCUT2D eigenvalue weighted by atomic mass is 16.7. The van der Waals surface area contributed by atoms with E-state index in [2.05, 4.69) is 0 Å². The average Bonchev–Trinajstić information content (AvgIpc) is 2.54. The Hall–Kier alpha value is -0.930. The number of carboxylic acid groups (broad SMARTS) is 1. The van der Waals surface area contributed by atoms with E-state index in [1.165, 1.54) is 0 Å². The number of aliphatic hydroxyl groups excluding tert-OH is 6. The molecule has 10 atom stereocenters. The van der Waals surface area contributed by atoms with Crippen molar-refractivity contribution >= 4 is 5.97 Å². The SMILES string of the molecule is NC1C(O)OC(CO)[C@@H](O)[C@@H]1O[C@H]1O[C@@H](C(=O)O)C(O)C(O)C1O. The molecule has 2 rings (SSSR count). The van der Waals surface area contributed by atoms with Crippen molar-refractivity contribution in [3.8, 4) is 0 Å². The van der Waals surface area contributed by atoms with Gasteiger partial charge < -0.3 is 55.7 Å². The number of rotatable bonds is 4. The van der Waals surface area contributed by atoms with Gasteiger partial charge in [-0.1, -0.05) is 0 Å². The predicted octanol–water partition coefficient (Wildman–Crippen LogP) is -5.34. The number of ether oxygens (including phenoxy) is 3. The van der Waals surface area contributed by atoms with Crippen molar-refractivity contribution in [2.24, 2.45) is 5.73 Å². The van der Waals surface area contributed by atoms with Gasteiger partial charge in [0.15, 0.2) is 18.7 Å². The molecule has 0 saturated carbocycles. The molecule has 0 bridgehead atoms. The van der Waals surface area contributed by atoms with Gasteiger partial charge in [0.05, 0.1) is 12.6 Å². The summed E-state index contributed by atoms with van der Waals surface area (Å²) < 4.78 is 15.0. The van der Waals surface area contributed by atoms with E-state index in [-0.39, 0.29) is 0 Å². The maximum Gasteiger partial charge on any atom is 0.335 e. The van der Waals surface area contributed by atoms with E-state index in [1.54, 1.807) is 0 Å². The number of hydrogen-bond donors (Lipinski definition) is 8. The predicted molar refractivity (Wildman–Crippen MR) is 71.1 cm³/mol. The minimum atomic E-state index is -1.90. The smallest absolute Gasteiger partial charge is 0.335 e. The molecule has 0 aromatic rings. The lowest BCUT2D eigenvalue weighted by Gasteiger charge is -2.45. The maximum absolute atomic E-state index is 11.0. The first kappa shape index (κ1) is 19.4. The molecule has 0 amide bonds. The van der Waals surface area contributed by atoms with Crippen LogP contribution in [0.5, 0.6) is 0 Å². The summed E-state index contributed by atoms with van der Waals surface area (Å²) in [5.74, 6) is -1.60. The van der Waals surface area contributed by atoms with Gasteiger partial charge in [0.25, 0.3) is 0 Å². The second-order valence-corrected chi connectivity index (χ2v) is 5.65. The zero-order valence-corrected chi connectivity index (χ0v) is 12.3. The Morgan fingerprint density at radius 3 is 2.17 bits per heavy atom. The fraction of sp³-hybridized carbons (Fsp3) is 0.917. The molecule has 0 aromatic carbocycles. The quantitative estimate of drug-likeness (QED) is 0.237. The summed E-state index contributed by atoms with van der Waals surface area (Å²) in [6, 6.07) is -1.31. The van der Waals surface area contributed by atoms with Crippen LogP contribution in [0.25, 0.3) is 0 Å². The third kappa shape index (κ3) is 3.52. The summed E-state index contributed by atoms with van der Waals surface area (Å²) in [5, 5.41) is 67.0. The Bertz CT molecular complexity index is 451. The molecule has 2 heterocycles. The van der Waals surface area contributed by atoms with Crippen LogP contribution in [-0.2, 0) is 19.0 Å². The molecule has 12 heteroatoms. The molecule has 0 radical (unpaired) electrons. The van der Waals surface area contributed by atoms with Crippen molar-refractivity contribution in [2.45, 2.75) is 61.3 Å². The van der Waals surface area contributed by atoms with Gasteiger partial charge in [0.2, 0.25) is 0 Å². The normalized spacial score (nSPS) is 49.8. The molecular formula is C12H21NO11. The average molecular weight is 355 g/mol. The fourth-order valence-corrected chi connectivity index (χ4v) is 2.59. The second-order valence-electron chi connectivity index (χ2n) is 5.65. The van der Waals surface area contributed by atoms with Crippen molar-refractivity contribution in [3.05, 3.63) is 0 Å². The number of aliphatic carboxylic acids is 1.